The summed E-state index contributed by atoms with van der Waals surface area (Å²) in [5, 5.41) is 6.91. The first-order chi connectivity index (χ1) is 12.3. The predicted octanol–water partition coefficient (Wildman–Crippen LogP) is 3.03. The number of amides is 2. The van der Waals surface area contributed by atoms with Crippen LogP contribution in [0.5, 0.6) is 0 Å². The Hall–Kier alpha value is -3.09. The van der Waals surface area contributed by atoms with Crippen LogP contribution in [0.1, 0.15) is 24.0 Å². The highest BCUT2D eigenvalue weighted by molar-refractivity contribution is 5.74. The molecular formula is C18H18N4O3. The molecule has 2 aromatic heterocycles. The molecule has 25 heavy (non-hydrogen) atoms. The first-order valence-electron chi connectivity index (χ1n) is 8.24. The van der Waals surface area contributed by atoms with Crippen molar-refractivity contribution in [2.75, 3.05) is 13.1 Å². The Morgan fingerprint density at radius 3 is 2.92 bits per heavy atom. The van der Waals surface area contributed by atoms with Crippen LogP contribution in [0.25, 0.3) is 11.4 Å². The Morgan fingerprint density at radius 1 is 1.24 bits per heavy atom. The number of urea groups is 1. The number of hydrogen-bond acceptors (Lipinski definition) is 5. The minimum absolute atomic E-state index is 0.0688. The van der Waals surface area contributed by atoms with Crippen molar-refractivity contribution < 1.29 is 13.7 Å². The molecule has 3 aromatic rings. The van der Waals surface area contributed by atoms with Crippen LogP contribution < -0.4 is 5.32 Å². The second-order valence-corrected chi connectivity index (χ2v) is 5.99. The van der Waals surface area contributed by atoms with Gasteiger partial charge >= 0.3 is 6.03 Å². The van der Waals surface area contributed by atoms with Gasteiger partial charge < -0.3 is 19.2 Å². The standard InChI is InChI=1S/C18H18N4O3/c23-18(19-11-15-7-4-10-24-15)22-9-8-14(12-22)17-20-16(21-25-17)13-5-2-1-3-6-13/h1-7,10,14H,8-9,11-12H2,(H,19,23)/t14-/m0/s1. The average Bonchev–Trinajstić information content (AvgIpc) is 3.41. The van der Waals surface area contributed by atoms with Crippen molar-refractivity contribution in [3.8, 4) is 11.4 Å². The zero-order valence-electron chi connectivity index (χ0n) is 13.6. The number of likely N-dealkylation sites (tertiary alicyclic amines) is 1. The van der Waals surface area contributed by atoms with Crippen LogP contribution in [-0.2, 0) is 6.54 Å². The average molecular weight is 338 g/mol. The normalized spacial score (nSPS) is 17.0. The third-order valence-corrected chi connectivity index (χ3v) is 4.29. The lowest BCUT2D eigenvalue weighted by molar-refractivity contribution is 0.206. The summed E-state index contributed by atoms with van der Waals surface area (Å²) in [6.07, 6.45) is 2.40. The molecule has 2 amide bonds. The number of nitrogens with one attached hydrogen (secondary N) is 1. The summed E-state index contributed by atoms with van der Waals surface area (Å²) in [4.78, 5) is 18.5. The highest BCUT2D eigenvalue weighted by Crippen LogP contribution is 2.27. The summed E-state index contributed by atoms with van der Waals surface area (Å²) >= 11 is 0. The maximum atomic E-state index is 12.3. The number of nitrogens with zero attached hydrogens (tertiary/aromatic N) is 3. The fraction of sp³-hybridized carbons (Fsp3) is 0.278. The van der Waals surface area contributed by atoms with Crippen molar-refractivity contribution in [3.05, 3.63) is 60.4 Å². The first-order valence-corrected chi connectivity index (χ1v) is 8.24. The van der Waals surface area contributed by atoms with Crippen molar-refractivity contribution in [1.82, 2.24) is 20.4 Å². The fourth-order valence-electron chi connectivity index (χ4n) is 2.94. The zero-order valence-corrected chi connectivity index (χ0v) is 13.6. The molecule has 1 aromatic carbocycles. The van der Waals surface area contributed by atoms with Gasteiger partial charge in [-0.3, -0.25) is 0 Å². The Balaban J connectivity index is 1.36. The van der Waals surface area contributed by atoms with E-state index in [0.717, 1.165) is 17.7 Å². The van der Waals surface area contributed by atoms with E-state index in [0.29, 0.717) is 31.3 Å². The molecule has 3 heterocycles. The lowest BCUT2D eigenvalue weighted by atomic mass is 10.1. The fourth-order valence-corrected chi connectivity index (χ4v) is 2.94. The highest BCUT2D eigenvalue weighted by Gasteiger charge is 2.31. The van der Waals surface area contributed by atoms with Gasteiger partial charge in [0.15, 0.2) is 0 Å². The van der Waals surface area contributed by atoms with E-state index >= 15 is 0 Å². The predicted molar refractivity (Wildman–Crippen MR) is 89.6 cm³/mol. The summed E-state index contributed by atoms with van der Waals surface area (Å²) in [5.74, 6) is 1.96. The zero-order chi connectivity index (χ0) is 17.1. The molecule has 1 atom stereocenters. The summed E-state index contributed by atoms with van der Waals surface area (Å²) in [5.41, 5.74) is 0.920. The molecule has 0 saturated carbocycles. The molecular weight excluding hydrogens is 320 g/mol. The monoisotopic (exact) mass is 338 g/mol. The Labute approximate surface area is 144 Å². The number of hydrogen-bond donors (Lipinski definition) is 1. The van der Waals surface area contributed by atoms with E-state index in [9.17, 15) is 4.79 Å². The quantitative estimate of drug-likeness (QED) is 0.790. The molecule has 0 aliphatic carbocycles. The molecule has 0 spiro atoms. The van der Waals surface area contributed by atoms with Gasteiger partial charge in [-0.1, -0.05) is 35.5 Å². The van der Waals surface area contributed by atoms with E-state index in [1.165, 1.54) is 0 Å². The third kappa shape index (κ3) is 3.40. The van der Waals surface area contributed by atoms with Crippen LogP contribution in [0.3, 0.4) is 0 Å². The molecule has 1 N–H and O–H groups in total. The van der Waals surface area contributed by atoms with Crippen molar-refractivity contribution in [2.24, 2.45) is 0 Å². The molecule has 1 fully saturated rings. The molecule has 0 bridgehead atoms. The third-order valence-electron chi connectivity index (χ3n) is 4.29. The molecule has 1 saturated heterocycles. The van der Waals surface area contributed by atoms with Crippen molar-refractivity contribution in [3.63, 3.8) is 0 Å². The van der Waals surface area contributed by atoms with Crippen LogP contribution in [0.15, 0.2) is 57.7 Å². The Morgan fingerprint density at radius 2 is 2.12 bits per heavy atom. The van der Waals surface area contributed by atoms with Gasteiger partial charge in [-0.25, -0.2) is 4.79 Å². The topological polar surface area (TPSA) is 84.4 Å². The highest BCUT2D eigenvalue weighted by atomic mass is 16.5. The molecule has 128 valence electrons. The van der Waals surface area contributed by atoms with Gasteiger partial charge in [-0.15, -0.1) is 0 Å². The lowest BCUT2D eigenvalue weighted by Gasteiger charge is -2.16. The van der Waals surface area contributed by atoms with E-state index in [4.69, 9.17) is 8.94 Å². The minimum Gasteiger partial charge on any atom is -0.467 e. The van der Waals surface area contributed by atoms with Gasteiger partial charge in [0, 0.05) is 18.7 Å². The van der Waals surface area contributed by atoms with Crippen LogP contribution in [0.2, 0.25) is 0 Å². The molecule has 1 aliphatic heterocycles. The molecule has 4 rings (SSSR count). The van der Waals surface area contributed by atoms with E-state index in [-0.39, 0.29) is 11.9 Å². The van der Waals surface area contributed by atoms with E-state index in [1.54, 1.807) is 17.2 Å². The number of benzene rings is 1. The van der Waals surface area contributed by atoms with Gasteiger partial charge in [0.05, 0.1) is 18.7 Å². The van der Waals surface area contributed by atoms with E-state index in [2.05, 4.69) is 15.5 Å². The van der Waals surface area contributed by atoms with Gasteiger partial charge in [0.25, 0.3) is 0 Å². The van der Waals surface area contributed by atoms with Gasteiger partial charge in [-0.2, -0.15) is 4.98 Å². The molecule has 7 heteroatoms. The van der Waals surface area contributed by atoms with Gasteiger partial charge in [0.2, 0.25) is 11.7 Å². The largest absolute Gasteiger partial charge is 0.467 e. The van der Waals surface area contributed by atoms with Crippen LogP contribution >= 0.6 is 0 Å². The smallest absolute Gasteiger partial charge is 0.317 e. The summed E-state index contributed by atoms with van der Waals surface area (Å²) < 4.78 is 10.6. The number of rotatable bonds is 4. The second kappa shape index (κ2) is 6.80. The van der Waals surface area contributed by atoms with E-state index in [1.807, 2.05) is 36.4 Å². The SMILES string of the molecule is O=C(NCc1ccco1)N1CC[C@H](c2nc(-c3ccccc3)no2)C1. The molecule has 0 unspecified atom stereocenters. The van der Waals surface area contributed by atoms with Crippen LogP contribution in [0, 0.1) is 0 Å². The number of aromatic nitrogens is 2. The number of carbonyl (C=O) groups excluding carboxylic acids is 1. The first kappa shape index (κ1) is 15.4. The minimum atomic E-state index is -0.110. The Bertz CT molecular complexity index is 829. The molecule has 0 radical (unpaired) electrons. The van der Waals surface area contributed by atoms with Crippen molar-refractivity contribution in [1.29, 1.82) is 0 Å². The summed E-state index contributed by atoms with van der Waals surface area (Å²) in [6, 6.07) is 13.2. The number of carbonyl (C=O) groups is 1. The maximum Gasteiger partial charge on any atom is 0.317 e. The molecule has 1 aliphatic rings. The number of furan rings is 1. The maximum absolute atomic E-state index is 12.3. The van der Waals surface area contributed by atoms with Crippen LogP contribution in [0.4, 0.5) is 4.79 Å². The summed E-state index contributed by atoms with van der Waals surface area (Å²) in [7, 11) is 0. The van der Waals surface area contributed by atoms with E-state index < -0.39 is 0 Å². The van der Waals surface area contributed by atoms with Gasteiger partial charge in [0.1, 0.15) is 5.76 Å². The van der Waals surface area contributed by atoms with Gasteiger partial charge in [-0.05, 0) is 18.6 Å². The second-order valence-electron chi connectivity index (χ2n) is 5.99. The van der Waals surface area contributed by atoms with Crippen molar-refractivity contribution in [2.45, 2.75) is 18.9 Å². The Kier molecular flexibility index (Phi) is 4.20. The van der Waals surface area contributed by atoms with Crippen LogP contribution in [-0.4, -0.2) is 34.2 Å². The molecule has 7 nitrogen and oxygen atoms in total. The lowest BCUT2D eigenvalue weighted by Crippen LogP contribution is -2.37. The summed E-state index contributed by atoms with van der Waals surface area (Å²) in [6.45, 7) is 1.61. The van der Waals surface area contributed by atoms with Crippen molar-refractivity contribution >= 4 is 6.03 Å².